The van der Waals surface area contributed by atoms with Gasteiger partial charge in [-0.1, -0.05) is 19.9 Å². The van der Waals surface area contributed by atoms with Crippen LogP contribution >= 0.6 is 0 Å². The standard InChI is InChI=1S/C15H24N2O3S/c1-12(2)16-11-14-10-15(5-4-13(14)3)21(18,19)17-6-8-20-9-7-17/h4-5,10,12,16H,6-9,11H2,1-3H3. The molecule has 0 aliphatic carbocycles. The number of morpholine rings is 1. The van der Waals surface area contributed by atoms with Gasteiger partial charge in [-0.15, -0.1) is 0 Å². The van der Waals surface area contributed by atoms with E-state index in [1.807, 2.05) is 13.0 Å². The zero-order valence-corrected chi connectivity index (χ0v) is 13.7. The van der Waals surface area contributed by atoms with Crippen molar-refractivity contribution in [3.63, 3.8) is 0 Å². The van der Waals surface area contributed by atoms with Gasteiger partial charge in [0.2, 0.25) is 10.0 Å². The van der Waals surface area contributed by atoms with E-state index in [4.69, 9.17) is 4.74 Å². The van der Waals surface area contributed by atoms with Crippen LogP contribution in [0.15, 0.2) is 23.1 Å². The van der Waals surface area contributed by atoms with Crippen molar-refractivity contribution in [3.05, 3.63) is 29.3 Å². The second-order valence-corrected chi connectivity index (χ2v) is 7.58. The predicted molar refractivity (Wildman–Crippen MR) is 82.7 cm³/mol. The number of aryl methyl sites for hydroxylation is 1. The highest BCUT2D eigenvalue weighted by Crippen LogP contribution is 2.20. The summed E-state index contributed by atoms with van der Waals surface area (Å²) in [6.07, 6.45) is 0. The number of nitrogens with one attached hydrogen (secondary N) is 1. The molecule has 1 aromatic rings. The van der Waals surface area contributed by atoms with E-state index in [9.17, 15) is 8.42 Å². The van der Waals surface area contributed by atoms with Gasteiger partial charge in [-0.2, -0.15) is 4.31 Å². The summed E-state index contributed by atoms with van der Waals surface area (Å²) in [5.41, 5.74) is 2.13. The predicted octanol–water partition coefficient (Wildman–Crippen LogP) is 1.51. The van der Waals surface area contributed by atoms with Gasteiger partial charge < -0.3 is 10.1 Å². The summed E-state index contributed by atoms with van der Waals surface area (Å²) in [6, 6.07) is 5.73. The Labute approximate surface area is 127 Å². The fraction of sp³-hybridized carbons (Fsp3) is 0.600. The van der Waals surface area contributed by atoms with Crippen molar-refractivity contribution >= 4 is 10.0 Å². The Hall–Kier alpha value is -0.950. The van der Waals surface area contributed by atoms with Crippen LogP contribution in [0, 0.1) is 6.92 Å². The molecular formula is C15H24N2O3S. The lowest BCUT2D eigenvalue weighted by atomic mass is 10.1. The van der Waals surface area contributed by atoms with E-state index in [0.717, 1.165) is 11.1 Å². The van der Waals surface area contributed by atoms with Crippen molar-refractivity contribution in [2.75, 3.05) is 26.3 Å². The molecule has 5 nitrogen and oxygen atoms in total. The maximum absolute atomic E-state index is 12.6. The van der Waals surface area contributed by atoms with Crippen molar-refractivity contribution in [3.8, 4) is 0 Å². The van der Waals surface area contributed by atoms with Gasteiger partial charge in [0.05, 0.1) is 18.1 Å². The molecule has 0 unspecified atom stereocenters. The van der Waals surface area contributed by atoms with Crippen LogP contribution in [-0.2, 0) is 21.3 Å². The van der Waals surface area contributed by atoms with E-state index in [2.05, 4.69) is 19.2 Å². The molecule has 2 rings (SSSR count). The number of hydrogen-bond donors (Lipinski definition) is 1. The largest absolute Gasteiger partial charge is 0.379 e. The third-order valence-electron chi connectivity index (χ3n) is 3.63. The van der Waals surface area contributed by atoms with Crippen LogP contribution in [0.3, 0.4) is 0 Å². The zero-order chi connectivity index (χ0) is 15.5. The molecule has 21 heavy (non-hydrogen) atoms. The summed E-state index contributed by atoms with van der Waals surface area (Å²) >= 11 is 0. The van der Waals surface area contributed by atoms with Crippen LogP contribution in [0.5, 0.6) is 0 Å². The number of ether oxygens (including phenoxy) is 1. The zero-order valence-electron chi connectivity index (χ0n) is 12.9. The van der Waals surface area contributed by atoms with Gasteiger partial charge in [-0.05, 0) is 30.2 Å². The van der Waals surface area contributed by atoms with Crippen molar-refractivity contribution in [1.82, 2.24) is 9.62 Å². The Morgan fingerprint density at radius 2 is 1.95 bits per heavy atom. The maximum atomic E-state index is 12.6. The van der Waals surface area contributed by atoms with E-state index < -0.39 is 10.0 Å². The molecule has 0 radical (unpaired) electrons. The fourth-order valence-electron chi connectivity index (χ4n) is 2.25. The Balaban J connectivity index is 2.24. The topological polar surface area (TPSA) is 58.6 Å². The molecule has 1 aromatic carbocycles. The lowest BCUT2D eigenvalue weighted by Crippen LogP contribution is -2.40. The Kier molecular flexibility index (Phi) is 5.37. The maximum Gasteiger partial charge on any atom is 0.243 e. The molecule has 0 saturated carbocycles. The van der Waals surface area contributed by atoms with E-state index in [0.29, 0.717) is 43.8 Å². The lowest BCUT2D eigenvalue weighted by Gasteiger charge is -2.26. The average Bonchev–Trinajstić information content (AvgIpc) is 2.47. The smallest absolute Gasteiger partial charge is 0.243 e. The summed E-state index contributed by atoms with van der Waals surface area (Å²) in [5, 5.41) is 3.33. The van der Waals surface area contributed by atoms with Gasteiger partial charge in [0, 0.05) is 25.7 Å². The van der Waals surface area contributed by atoms with Crippen LogP contribution in [0.2, 0.25) is 0 Å². The SMILES string of the molecule is Cc1ccc(S(=O)(=O)N2CCOCC2)cc1CNC(C)C. The Morgan fingerprint density at radius 3 is 2.57 bits per heavy atom. The van der Waals surface area contributed by atoms with Crippen LogP contribution in [0.4, 0.5) is 0 Å². The quantitative estimate of drug-likeness (QED) is 0.895. The highest BCUT2D eigenvalue weighted by Gasteiger charge is 2.26. The molecule has 1 aliphatic heterocycles. The summed E-state index contributed by atoms with van der Waals surface area (Å²) in [4.78, 5) is 0.371. The minimum Gasteiger partial charge on any atom is -0.379 e. The van der Waals surface area contributed by atoms with E-state index in [-0.39, 0.29) is 0 Å². The molecule has 0 amide bonds. The first-order valence-corrected chi connectivity index (χ1v) is 8.76. The van der Waals surface area contributed by atoms with Gasteiger partial charge >= 0.3 is 0 Å². The van der Waals surface area contributed by atoms with Crippen LogP contribution < -0.4 is 5.32 Å². The summed E-state index contributed by atoms with van der Waals surface area (Å²) in [7, 11) is -3.41. The Morgan fingerprint density at radius 1 is 1.29 bits per heavy atom. The first-order valence-electron chi connectivity index (χ1n) is 7.32. The molecule has 1 fully saturated rings. The van der Waals surface area contributed by atoms with Crippen molar-refractivity contribution < 1.29 is 13.2 Å². The summed E-state index contributed by atoms with van der Waals surface area (Å²) < 4.78 is 32.0. The first-order chi connectivity index (χ1) is 9.91. The second kappa shape index (κ2) is 6.87. The van der Waals surface area contributed by atoms with Crippen molar-refractivity contribution in [2.24, 2.45) is 0 Å². The summed E-state index contributed by atoms with van der Waals surface area (Å²) in [6.45, 7) is 8.61. The van der Waals surface area contributed by atoms with Gasteiger partial charge in [-0.25, -0.2) is 8.42 Å². The van der Waals surface area contributed by atoms with Crippen LogP contribution in [0.1, 0.15) is 25.0 Å². The van der Waals surface area contributed by atoms with E-state index >= 15 is 0 Å². The first kappa shape index (κ1) is 16.4. The lowest BCUT2D eigenvalue weighted by molar-refractivity contribution is 0.0730. The molecule has 1 saturated heterocycles. The van der Waals surface area contributed by atoms with Crippen molar-refractivity contribution in [2.45, 2.75) is 38.3 Å². The fourth-order valence-corrected chi connectivity index (χ4v) is 3.71. The minimum atomic E-state index is -3.41. The number of sulfonamides is 1. The average molecular weight is 312 g/mol. The molecule has 6 heteroatoms. The summed E-state index contributed by atoms with van der Waals surface area (Å²) in [5.74, 6) is 0. The normalized spacial score (nSPS) is 17.3. The molecule has 1 N–H and O–H groups in total. The van der Waals surface area contributed by atoms with Gasteiger partial charge in [-0.3, -0.25) is 0 Å². The molecule has 118 valence electrons. The van der Waals surface area contributed by atoms with Gasteiger partial charge in [0.25, 0.3) is 0 Å². The van der Waals surface area contributed by atoms with Crippen LogP contribution in [0.25, 0.3) is 0 Å². The Bertz CT molecular complexity index is 579. The third kappa shape index (κ3) is 4.03. The highest BCUT2D eigenvalue weighted by molar-refractivity contribution is 7.89. The van der Waals surface area contributed by atoms with Crippen molar-refractivity contribution in [1.29, 1.82) is 0 Å². The van der Waals surface area contributed by atoms with E-state index in [1.54, 1.807) is 12.1 Å². The number of benzene rings is 1. The molecule has 0 bridgehead atoms. The molecule has 0 atom stereocenters. The monoisotopic (exact) mass is 312 g/mol. The molecule has 1 heterocycles. The van der Waals surface area contributed by atoms with Gasteiger partial charge in [0.15, 0.2) is 0 Å². The third-order valence-corrected chi connectivity index (χ3v) is 5.52. The number of nitrogens with zero attached hydrogens (tertiary/aromatic N) is 1. The molecule has 0 spiro atoms. The number of hydrogen-bond acceptors (Lipinski definition) is 4. The van der Waals surface area contributed by atoms with Crippen LogP contribution in [-0.4, -0.2) is 45.1 Å². The minimum absolute atomic E-state index is 0.365. The second-order valence-electron chi connectivity index (χ2n) is 5.64. The molecule has 0 aromatic heterocycles. The van der Waals surface area contributed by atoms with Gasteiger partial charge in [0.1, 0.15) is 0 Å². The van der Waals surface area contributed by atoms with E-state index in [1.165, 1.54) is 4.31 Å². The molecular weight excluding hydrogens is 288 g/mol. The molecule has 1 aliphatic rings. The number of rotatable bonds is 5. The highest BCUT2D eigenvalue weighted by atomic mass is 32.2.